The van der Waals surface area contributed by atoms with Crippen LogP contribution < -0.4 is 10.2 Å². The van der Waals surface area contributed by atoms with E-state index in [-0.39, 0.29) is 27.7 Å². The molecular formula is C6H4F2HgO4. The van der Waals surface area contributed by atoms with Crippen molar-refractivity contribution in [2.45, 2.75) is 0 Å². The Labute approximate surface area is 93.1 Å². The van der Waals surface area contributed by atoms with Gasteiger partial charge in [0.1, 0.15) is 11.7 Å². The van der Waals surface area contributed by atoms with Crippen molar-refractivity contribution in [1.29, 1.82) is 0 Å². The molecule has 0 aromatic carbocycles. The second-order valence-corrected chi connectivity index (χ2v) is 1.38. The fourth-order valence-corrected chi connectivity index (χ4v) is 0. The average molecular weight is 379 g/mol. The van der Waals surface area contributed by atoms with Crippen LogP contribution in [0, 0.1) is 0 Å². The van der Waals surface area contributed by atoms with Gasteiger partial charge in [-0.1, -0.05) is 13.2 Å². The van der Waals surface area contributed by atoms with E-state index in [0.29, 0.717) is 0 Å². The van der Waals surface area contributed by atoms with Crippen molar-refractivity contribution < 1.29 is 56.3 Å². The van der Waals surface area contributed by atoms with Gasteiger partial charge in [0, 0.05) is 0 Å². The number of aliphatic carboxylic acids is 2. The zero-order valence-corrected chi connectivity index (χ0v) is 12.0. The SMILES string of the molecule is C=C(F)C(=O)[O-].C=C(F)C(=O)[O-].[Hg+2]. The van der Waals surface area contributed by atoms with E-state index in [1.807, 2.05) is 0 Å². The third-order valence-corrected chi connectivity index (χ3v) is 0.443. The van der Waals surface area contributed by atoms with Gasteiger partial charge in [-0.25, -0.2) is 8.78 Å². The molecule has 0 aromatic rings. The topological polar surface area (TPSA) is 80.3 Å². The van der Waals surface area contributed by atoms with Gasteiger partial charge in [-0.15, -0.1) is 0 Å². The molecule has 0 aliphatic rings. The predicted molar refractivity (Wildman–Crippen MR) is 30.5 cm³/mol. The molecular weight excluding hydrogens is 375 g/mol. The van der Waals surface area contributed by atoms with Crippen molar-refractivity contribution >= 4 is 11.9 Å². The molecule has 0 unspecified atom stereocenters. The third kappa shape index (κ3) is 18.3. The first-order chi connectivity index (χ1) is 5.29. The number of hydrogen-bond acceptors (Lipinski definition) is 4. The van der Waals surface area contributed by atoms with Crippen LogP contribution in [0.5, 0.6) is 0 Å². The van der Waals surface area contributed by atoms with Gasteiger partial charge in [0.25, 0.3) is 0 Å². The number of halogens is 2. The summed E-state index contributed by atoms with van der Waals surface area (Å²) in [6.07, 6.45) is 0. The minimum absolute atomic E-state index is 0. The van der Waals surface area contributed by atoms with Gasteiger partial charge in [-0.3, -0.25) is 0 Å². The van der Waals surface area contributed by atoms with Crippen LogP contribution in [0.15, 0.2) is 24.8 Å². The number of carbonyl (C=O) groups excluding carboxylic acids is 2. The van der Waals surface area contributed by atoms with Crippen LogP contribution >= 0.6 is 0 Å². The van der Waals surface area contributed by atoms with E-state index in [0.717, 1.165) is 0 Å². The van der Waals surface area contributed by atoms with Gasteiger partial charge in [-0.05, 0) is 0 Å². The van der Waals surface area contributed by atoms with Crippen LogP contribution in [-0.2, 0) is 37.3 Å². The van der Waals surface area contributed by atoms with Crippen LogP contribution in [0.1, 0.15) is 0 Å². The summed E-state index contributed by atoms with van der Waals surface area (Å²) < 4.78 is 21.9. The Kier molecular flexibility index (Phi) is 12.9. The Morgan fingerprint density at radius 3 is 1.00 bits per heavy atom. The van der Waals surface area contributed by atoms with Crippen LogP contribution in [0.4, 0.5) is 8.78 Å². The molecule has 13 heavy (non-hydrogen) atoms. The van der Waals surface area contributed by atoms with Crippen molar-refractivity contribution in [3.05, 3.63) is 24.8 Å². The minimum atomic E-state index is -1.85. The standard InChI is InChI=1S/2C3H3FO2.Hg/c2*1-2(4)3(5)6;/h2*1H2,(H,5,6);/q;;+2/p-2. The van der Waals surface area contributed by atoms with Gasteiger partial charge in [0.15, 0.2) is 0 Å². The Morgan fingerprint density at radius 1 is 0.923 bits per heavy atom. The number of hydrogen-bond donors (Lipinski definition) is 0. The van der Waals surface area contributed by atoms with Crippen molar-refractivity contribution in [3.63, 3.8) is 0 Å². The van der Waals surface area contributed by atoms with Crippen molar-refractivity contribution in [2.24, 2.45) is 0 Å². The number of carboxylic acid groups (broad SMARTS) is 2. The van der Waals surface area contributed by atoms with Gasteiger partial charge < -0.3 is 19.8 Å². The van der Waals surface area contributed by atoms with Crippen LogP contribution in [0.3, 0.4) is 0 Å². The minimum Gasteiger partial charge on any atom is -0.542 e. The molecule has 68 valence electrons. The molecule has 0 aromatic heterocycles. The molecule has 0 aliphatic carbocycles. The third-order valence-electron chi connectivity index (χ3n) is 0.443. The fraction of sp³-hybridized carbons (Fsp3) is 0. The summed E-state index contributed by atoms with van der Waals surface area (Å²) in [5.74, 6) is -6.57. The molecule has 0 spiro atoms. The monoisotopic (exact) mass is 380 g/mol. The maximum Gasteiger partial charge on any atom is 2.00 e. The molecule has 0 rings (SSSR count). The van der Waals surface area contributed by atoms with Gasteiger partial charge in [0.05, 0.1) is 11.9 Å². The zero-order valence-electron chi connectivity index (χ0n) is 6.51. The van der Waals surface area contributed by atoms with E-state index in [4.69, 9.17) is 19.8 Å². The molecule has 0 aliphatic heterocycles. The summed E-state index contributed by atoms with van der Waals surface area (Å²) in [4.78, 5) is 18.2. The Balaban J connectivity index is -0.000000143. The van der Waals surface area contributed by atoms with Crippen LogP contribution in [0.25, 0.3) is 0 Å². The van der Waals surface area contributed by atoms with Crippen molar-refractivity contribution in [3.8, 4) is 0 Å². The first-order valence-corrected chi connectivity index (χ1v) is 2.40. The Bertz CT molecular complexity index is 179. The van der Waals surface area contributed by atoms with E-state index in [1.165, 1.54) is 0 Å². The fourth-order valence-electron chi connectivity index (χ4n) is 0. The van der Waals surface area contributed by atoms with E-state index in [9.17, 15) is 8.78 Å². The summed E-state index contributed by atoms with van der Waals surface area (Å²) in [5, 5.41) is 18.2. The summed E-state index contributed by atoms with van der Waals surface area (Å²) in [7, 11) is 0. The largest absolute Gasteiger partial charge is 2.00 e. The molecule has 0 saturated heterocycles. The first kappa shape index (κ1) is 18.1. The summed E-state index contributed by atoms with van der Waals surface area (Å²) in [6, 6.07) is 0. The zero-order chi connectivity index (χ0) is 10.3. The van der Waals surface area contributed by atoms with Gasteiger partial charge in [-0.2, -0.15) is 0 Å². The number of rotatable bonds is 2. The van der Waals surface area contributed by atoms with Gasteiger partial charge in [0.2, 0.25) is 0 Å². The molecule has 0 radical (unpaired) electrons. The van der Waals surface area contributed by atoms with E-state index < -0.39 is 23.6 Å². The molecule has 7 heteroatoms. The molecule has 0 amide bonds. The molecule has 0 atom stereocenters. The summed E-state index contributed by atoms with van der Waals surface area (Å²) in [5.41, 5.74) is 0. The maximum absolute atomic E-state index is 11.0. The second-order valence-electron chi connectivity index (χ2n) is 1.38. The average Bonchev–Trinajstić information content (AvgIpc) is 1.88. The maximum atomic E-state index is 11.0. The molecule has 4 nitrogen and oxygen atoms in total. The molecule has 0 N–H and O–H groups in total. The summed E-state index contributed by atoms with van der Waals surface area (Å²) in [6.45, 7) is 4.85. The first-order valence-electron chi connectivity index (χ1n) is 2.40. The van der Waals surface area contributed by atoms with E-state index in [1.54, 1.807) is 0 Å². The Morgan fingerprint density at radius 2 is 1.00 bits per heavy atom. The van der Waals surface area contributed by atoms with Crippen molar-refractivity contribution in [2.75, 3.05) is 0 Å². The molecule has 0 heterocycles. The van der Waals surface area contributed by atoms with Crippen LogP contribution in [-0.4, -0.2) is 11.9 Å². The number of carboxylic acids is 2. The molecule has 0 bridgehead atoms. The molecule has 0 saturated carbocycles. The van der Waals surface area contributed by atoms with Crippen molar-refractivity contribution in [1.82, 2.24) is 0 Å². The Hall–Kier alpha value is -0.785. The van der Waals surface area contributed by atoms with E-state index >= 15 is 0 Å². The van der Waals surface area contributed by atoms with E-state index in [2.05, 4.69) is 13.2 Å². The summed E-state index contributed by atoms with van der Waals surface area (Å²) >= 11 is 0. The van der Waals surface area contributed by atoms with Gasteiger partial charge >= 0.3 is 27.7 Å². The molecule has 0 fully saturated rings. The predicted octanol–water partition coefficient (Wildman–Crippen LogP) is -1.56. The smallest absolute Gasteiger partial charge is 0.542 e. The number of carbonyl (C=O) groups is 2. The normalized spacial score (nSPS) is 6.92. The van der Waals surface area contributed by atoms with Crippen LogP contribution in [0.2, 0.25) is 0 Å². The second kappa shape index (κ2) is 9.30. The quantitative estimate of drug-likeness (QED) is 0.430.